The number of aromatic nitrogens is 2. The smallest absolute Gasteiger partial charge is 0.274 e. The van der Waals surface area contributed by atoms with Crippen LogP contribution in [0.15, 0.2) is 54.9 Å². The second-order valence-corrected chi connectivity index (χ2v) is 5.82. The van der Waals surface area contributed by atoms with Gasteiger partial charge < -0.3 is 20.1 Å². The number of rotatable bonds is 6. The highest BCUT2D eigenvalue weighted by Crippen LogP contribution is 2.29. The number of benzene rings is 2. The molecule has 0 bridgehead atoms. The molecule has 0 unspecified atom stereocenters. The highest BCUT2D eigenvalue weighted by molar-refractivity contribution is 6.33. The second-order valence-electron chi connectivity index (χ2n) is 5.41. The summed E-state index contributed by atoms with van der Waals surface area (Å²) >= 11 is 6.13. The third-order valence-corrected chi connectivity index (χ3v) is 4.02. The van der Waals surface area contributed by atoms with Gasteiger partial charge in [-0.15, -0.1) is 0 Å². The van der Waals surface area contributed by atoms with E-state index in [0.717, 1.165) is 0 Å². The minimum atomic E-state index is -0.411. The molecule has 1 heterocycles. The summed E-state index contributed by atoms with van der Waals surface area (Å²) < 4.78 is 10.5. The highest BCUT2D eigenvalue weighted by Gasteiger charge is 2.13. The van der Waals surface area contributed by atoms with Gasteiger partial charge in [-0.25, -0.2) is 9.97 Å². The van der Waals surface area contributed by atoms with E-state index in [1.54, 1.807) is 31.4 Å². The van der Waals surface area contributed by atoms with Crippen molar-refractivity contribution >= 4 is 34.7 Å². The summed E-state index contributed by atoms with van der Waals surface area (Å²) in [4.78, 5) is 20.8. The molecule has 0 spiro atoms. The molecular formula is C19H17ClN4O3. The first-order valence-electron chi connectivity index (χ1n) is 7.97. The maximum atomic E-state index is 12.6. The highest BCUT2D eigenvalue weighted by atomic mass is 35.5. The van der Waals surface area contributed by atoms with Crippen LogP contribution in [0.25, 0.3) is 0 Å². The predicted molar refractivity (Wildman–Crippen MR) is 104 cm³/mol. The molecule has 1 amide bonds. The van der Waals surface area contributed by atoms with Crippen LogP contribution in [0.3, 0.4) is 0 Å². The summed E-state index contributed by atoms with van der Waals surface area (Å²) in [7, 11) is 3.07. The number of para-hydroxylation sites is 1. The summed E-state index contributed by atoms with van der Waals surface area (Å²) in [5, 5.41) is 6.38. The minimum absolute atomic E-state index is 0.185. The van der Waals surface area contributed by atoms with E-state index in [4.69, 9.17) is 21.1 Å². The number of carbonyl (C=O) groups is 1. The van der Waals surface area contributed by atoms with Crippen molar-refractivity contribution in [3.63, 3.8) is 0 Å². The van der Waals surface area contributed by atoms with Crippen molar-refractivity contribution in [2.24, 2.45) is 0 Å². The number of nitrogens with one attached hydrogen (secondary N) is 2. The zero-order valence-electron chi connectivity index (χ0n) is 14.7. The lowest BCUT2D eigenvalue weighted by Crippen LogP contribution is -2.15. The van der Waals surface area contributed by atoms with Gasteiger partial charge in [0.25, 0.3) is 5.91 Å². The van der Waals surface area contributed by atoms with E-state index in [0.29, 0.717) is 33.7 Å². The second kappa shape index (κ2) is 8.37. The maximum absolute atomic E-state index is 12.6. The Labute approximate surface area is 161 Å². The summed E-state index contributed by atoms with van der Waals surface area (Å²) in [6, 6.07) is 13.9. The monoisotopic (exact) mass is 384 g/mol. The molecule has 0 radical (unpaired) electrons. The topological polar surface area (TPSA) is 85.4 Å². The fourth-order valence-corrected chi connectivity index (χ4v) is 2.53. The van der Waals surface area contributed by atoms with E-state index in [2.05, 4.69) is 20.6 Å². The van der Waals surface area contributed by atoms with Gasteiger partial charge in [0.05, 0.1) is 30.6 Å². The SMILES string of the molecule is COc1ccc(OC)c(NC(=O)c2cc(Nc3ccccc3Cl)ncn2)c1. The van der Waals surface area contributed by atoms with Gasteiger partial charge in [-0.3, -0.25) is 4.79 Å². The average molecular weight is 385 g/mol. The zero-order chi connectivity index (χ0) is 19.2. The molecular weight excluding hydrogens is 368 g/mol. The molecule has 1 aromatic heterocycles. The van der Waals surface area contributed by atoms with Crippen LogP contribution < -0.4 is 20.1 Å². The lowest BCUT2D eigenvalue weighted by Gasteiger charge is -2.12. The van der Waals surface area contributed by atoms with Gasteiger partial charge in [-0.1, -0.05) is 23.7 Å². The maximum Gasteiger partial charge on any atom is 0.274 e. The van der Waals surface area contributed by atoms with E-state index >= 15 is 0 Å². The number of halogens is 1. The Balaban J connectivity index is 1.81. The van der Waals surface area contributed by atoms with Crippen LogP contribution in [0.1, 0.15) is 10.5 Å². The van der Waals surface area contributed by atoms with Crippen LogP contribution in [-0.2, 0) is 0 Å². The fourth-order valence-electron chi connectivity index (χ4n) is 2.35. The van der Waals surface area contributed by atoms with Crippen LogP contribution in [0.5, 0.6) is 11.5 Å². The van der Waals surface area contributed by atoms with E-state index < -0.39 is 5.91 Å². The first-order valence-corrected chi connectivity index (χ1v) is 8.35. The first kappa shape index (κ1) is 18.5. The number of carbonyl (C=O) groups excluding carboxylic acids is 1. The van der Waals surface area contributed by atoms with Crippen molar-refractivity contribution < 1.29 is 14.3 Å². The Morgan fingerprint density at radius 3 is 2.56 bits per heavy atom. The summed E-state index contributed by atoms with van der Waals surface area (Å²) in [6.07, 6.45) is 1.30. The van der Waals surface area contributed by atoms with Gasteiger partial charge in [-0.2, -0.15) is 0 Å². The number of hydrogen-bond acceptors (Lipinski definition) is 6. The van der Waals surface area contributed by atoms with Crippen molar-refractivity contribution in [1.82, 2.24) is 9.97 Å². The van der Waals surface area contributed by atoms with Gasteiger partial charge in [0.2, 0.25) is 0 Å². The molecule has 0 fully saturated rings. The Kier molecular flexibility index (Phi) is 5.73. The quantitative estimate of drug-likeness (QED) is 0.664. The van der Waals surface area contributed by atoms with Gasteiger partial charge in [0, 0.05) is 12.1 Å². The van der Waals surface area contributed by atoms with Crippen molar-refractivity contribution in [3.8, 4) is 11.5 Å². The first-order chi connectivity index (χ1) is 13.1. The summed E-state index contributed by atoms with van der Waals surface area (Å²) in [6.45, 7) is 0. The molecule has 3 rings (SSSR count). The molecule has 2 N–H and O–H groups in total. The molecule has 0 aliphatic heterocycles. The fraction of sp³-hybridized carbons (Fsp3) is 0.105. The molecule has 27 heavy (non-hydrogen) atoms. The summed E-state index contributed by atoms with van der Waals surface area (Å²) in [5.41, 5.74) is 1.34. The summed E-state index contributed by atoms with van der Waals surface area (Å²) in [5.74, 6) is 1.13. The number of methoxy groups -OCH3 is 2. The number of amides is 1. The molecule has 0 saturated heterocycles. The van der Waals surface area contributed by atoms with Gasteiger partial charge in [0.1, 0.15) is 29.3 Å². The van der Waals surface area contributed by atoms with Crippen molar-refractivity contribution in [2.75, 3.05) is 24.9 Å². The molecule has 0 aliphatic carbocycles. The molecule has 3 aromatic rings. The standard InChI is InChI=1S/C19H17ClN4O3/c1-26-12-7-8-17(27-2)15(9-12)24-19(25)16-10-18(22-11-21-16)23-14-6-4-3-5-13(14)20/h3-11H,1-2H3,(H,24,25)(H,21,22,23). The third kappa shape index (κ3) is 4.45. The van der Waals surface area contributed by atoms with Crippen molar-refractivity contribution in [2.45, 2.75) is 0 Å². The lowest BCUT2D eigenvalue weighted by atomic mass is 10.2. The predicted octanol–water partition coefficient (Wildman–Crippen LogP) is 4.14. The van der Waals surface area contributed by atoms with Gasteiger partial charge in [0.15, 0.2) is 0 Å². The average Bonchev–Trinajstić information content (AvgIpc) is 2.70. The molecule has 138 valence electrons. The molecule has 0 aliphatic rings. The van der Waals surface area contributed by atoms with Crippen molar-refractivity contribution in [1.29, 1.82) is 0 Å². The minimum Gasteiger partial charge on any atom is -0.497 e. The van der Waals surface area contributed by atoms with Crippen LogP contribution in [0.4, 0.5) is 17.2 Å². The van der Waals surface area contributed by atoms with Gasteiger partial charge >= 0.3 is 0 Å². The van der Waals surface area contributed by atoms with E-state index in [-0.39, 0.29) is 5.69 Å². The largest absolute Gasteiger partial charge is 0.497 e. The number of anilines is 3. The van der Waals surface area contributed by atoms with E-state index in [1.807, 2.05) is 18.2 Å². The molecule has 0 atom stereocenters. The van der Waals surface area contributed by atoms with Crippen LogP contribution in [-0.4, -0.2) is 30.1 Å². The molecule has 8 heteroatoms. The molecule has 2 aromatic carbocycles. The number of nitrogens with zero attached hydrogens (tertiary/aromatic N) is 2. The van der Waals surface area contributed by atoms with Gasteiger partial charge in [-0.05, 0) is 24.3 Å². The number of ether oxygens (including phenoxy) is 2. The van der Waals surface area contributed by atoms with E-state index in [1.165, 1.54) is 19.5 Å². The molecule has 7 nitrogen and oxygen atoms in total. The number of hydrogen-bond donors (Lipinski definition) is 2. The third-order valence-electron chi connectivity index (χ3n) is 3.69. The Morgan fingerprint density at radius 1 is 1.00 bits per heavy atom. The molecule has 0 saturated carbocycles. The lowest BCUT2D eigenvalue weighted by molar-refractivity contribution is 0.102. The Morgan fingerprint density at radius 2 is 1.81 bits per heavy atom. The van der Waals surface area contributed by atoms with E-state index in [9.17, 15) is 4.79 Å². The zero-order valence-corrected chi connectivity index (χ0v) is 15.4. The Hall–Kier alpha value is -3.32. The van der Waals surface area contributed by atoms with Crippen LogP contribution in [0, 0.1) is 0 Å². The normalized spacial score (nSPS) is 10.2. The van der Waals surface area contributed by atoms with Crippen LogP contribution in [0.2, 0.25) is 5.02 Å². The Bertz CT molecular complexity index is 965. The van der Waals surface area contributed by atoms with Crippen LogP contribution >= 0.6 is 11.6 Å². The van der Waals surface area contributed by atoms with Crippen molar-refractivity contribution in [3.05, 3.63) is 65.6 Å².